The molecule has 0 aliphatic carbocycles. The molecular weight excluding hydrogens is 273 g/mol. The van der Waals surface area contributed by atoms with E-state index in [0.29, 0.717) is 17.8 Å². The molecule has 1 heterocycles. The fraction of sp³-hybridized carbons (Fsp3) is 0.571. The molecule has 1 aliphatic rings. The minimum Gasteiger partial charge on any atom is -0.494 e. The lowest BCUT2D eigenvalue weighted by Crippen LogP contribution is -2.41. The zero-order valence-corrected chi connectivity index (χ0v) is 13.0. The van der Waals surface area contributed by atoms with Crippen LogP contribution < -0.4 is 10.2 Å². The third-order valence-corrected chi connectivity index (χ3v) is 4.01. The molecule has 0 unspecified atom stereocenters. The van der Waals surface area contributed by atoms with Gasteiger partial charge in [-0.2, -0.15) is 0 Å². The lowest BCUT2D eigenvalue weighted by molar-refractivity contribution is -0.384. The number of ether oxygens (including phenoxy) is 1. The van der Waals surface area contributed by atoms with Gasteiger partial charge in [-0.25, -0.2) is 0 Å². The second-order valence-corrected chi connectivity index (χ2v) is 6.00. The Morgan fingerprint density at radius 1 is 1.24 bits per heavy atom. The van der Waals surface area contributed by atoms with Crippen LogP contribution in [0.2, 0.25) is 0 Å². The molecule has 0 amide bonds. The molecule has 1 fully saturated rings. The molecular formula is C14H20BNO5. The van der Waals surface area contributed by atoms with Crippen molar-refractivity contribution >= 4 is 18.3 Å². The first-order chi connectivity index (χ1) is 9.68. The number of non-ortho nitro benzene ring substituents is 1. The number of hydrogen-bond donors (Lipinski definition) is 0. The zero-order valence-electron chi connectivity index (χ0n) is 13.0. The van der Waals surface area contributed by atoms with Gasteiger partial charge < -0.3 is 14.0 Å². The smallest absolute Gasteiger partial charge is 0.494 e. The first-order valence-electron chi connectivity index (χ1n) is 6.95. The third-order valence-electron chi connectivity index (χ3n) is 4.01. The summed E-state index contributed by atoms with van der Waals surface area (Å²) in [6.45, 7) is 10.1. The van der Waals surface area contributed by atoms with E-state index in [0.717, 1.165) is 0 Å². The highest BCUT2D eigenvalue weighted by Crippen LogP contribution is 2.37. The Morgan fingerprint density at radius 2 is 1.81 bits per heavy atom. The number of benzene rings is 1. The molecule has 7 heteroatoms. The standard InChI is InChI=1S/C14H20BNO5/c1-6-19-12-8-7-10(16(17)18)9-11(12)15-20-13(2,3)14(4,5)21-15/h7-9H,6H2,1-5H3. The summed E-state index contributed by atoms with van der Waals surface area (Å²) in [6, 6.07) is 4.45. The van der Waals surface area contributed by atoms with Crippen molar-refractivity contribution in [3.05, 3.63) is 28.3 Å². The zero-order chi connectivity index (χ0) is 15.8. The van der Waals surface area contributed by atoms with Crippen molar-refractivity contribution in [2.45, 2.75) is 45.8 Å². The molecule has 0 atom stereocenters. The van der Waals surface area contributed by atoms with Crippen molar-refractivity contribution in [1.29, 1.82) is 0 Å². The van der Waals surface area contributed by atoms with E-state index >= 15 is 0 Å². The highest BCUT2D eigenvalue weighted by Gasteiger charge is 2.52. The summed E-state index contributed by atoms with van der Waals surface area (Å²) in [5.41, 5.74) is -0.481. The van der Waals surface area contributed by atoms with Gasteiger partial charge in [0.1, 0.15) is 5.75 Å². The quantitative estimate of drug-likeness (QED) is 0.484. The lowest BCUT2D eigenvalue weighted by atomic mass is 9.78. The summed E-state index contributed by atoms with van der Waals surface area (Å²) in [4.78, 5) is 10.5. The highest BCUT2D eigenvalue weighted by atomic mass is 16.7. The van der Waals surface area contributed by atoms with Crippen LogP contribution in [0.1, 0.15) is 34.6 Å². The van der Waals surface area contributed by atoms with Gasteiger partial charge in [0.05, 0.1) is 22.7 Å². The Morgan fingerprint density at radius 3 is 2.29 bits per heavy atom. The maximum Gasteiger partial charge on any atom is 0.498 e. The van der Waals surface area contributed by atoms with E-state index in [2.05, 4.69) is 0 Å². The Balaban J connectivity index is 2.42. The summed E-state index contributed by atoms with van der Waals surface area (Å²) < 4.78 is 17.4. The van der Waals surface area contributed by atoms with Gasteiger partial charge in [-0.3, -0.25) is 10.1 Å². The van der Waals surface area contributed by atoms with Crippen LogP contribution in [0.4, 0.5) is 5.69 Å². The van der Waals surface area contributed by atoms with Gasteiger partial charge >= 0.3 is 7.12 Å². The second kappa shape index (κ2) is 5.31. The maximum absolute atomic E-state index is 11.0. The van der Waals surface area contributed by atoms with Gasteiger partial charge in [0.15, 0.2) is 0 Å². The van der Waals surface area contributed by atoms with Gasteiger partial charge in [-0.1, -0.05) is 0 Å². The van der Waals surface area contributed by atoms with E-state index in [1.807, 2.05) is 34.6 Å². The Bertz CT molecular complexity index is 542. The number of rotatable bonds is 4. The van der Waals surface area contributed by atoms with Crippen molar-refractivity contribution in [1.82, 2.24) is 0 Å². The number of nitro groups is 1. The fourth-order valence-corrected chi connectivity index (χ4v) is 2.09. The minimum absolute atomic E-state index is 0.0110. The molecule has 0 bridgehead atoms. The predicted molar refractivity (Wildman–Crippen MR) is 80.0 cm³/mol. The minimum atomic E-state index is -0.684. The van der Waals surface area contributed by atoms with Crippen LogP contribution in [0, 0.1) is 10.1 Å². The lowest BCUT2D eigenvalue weighted by Gasteiger charge is -2.32. The Labute approximate surface area is 124 Å². The van der Waals surface area contributed by atoms with Crippen molar-refractivity contribution in [2.24, 2.45) is 0 Å². The second-order valence-electron chi connectivity index (χ2n) is 6.00. The summed E-state index contributed by atoms with van der Waals surface area (Å²) in [5, 5.41) is 11.0. The SMILES string of the molecule is CCOc1ccc([N+](=O)[O-])cc1B1OC(C)(C)C(C)(C)O1. The van der Waals surface area contributed by atoms with E-state index in [1.54, 1.807) is 6.07 Å². The molecule has 1 aliphatic heterocycles. The molecule has 0 saturated carbocycles. The molecule has 0 N–H and O–H groups in total. The van der Waals surface area contributed by atoms with Gasteiger partial charge in [0.25, 0.3) is 5.69 Å². The van der Waals surface area contributed by atoms with Crippen molar-refractivity contribution in [2.75, 3.05) is 6.61 Å². The molecule has 6 nitrogen and oxygen atoms in total. The Kier molecular flexibility index (Phi) is 3.99. The molecule has 1 aromatic carbocycles. The molecule has 0 aromatic heterocycles. The van der Waals surface area contributed by atoms with Gasteiger partial charge in [-0.05, 0) is 40.7 Å². The van der Waals surface area contributed by atoms with Crippen LogP contribution in [0.3, 0.4) is 0 Å². The molecule has 114 valence electrons. The van der Waals surface area contributed by atoms with E-state index in [1.165, 1.54) is 12.1 Å². The highest BCUT2D eigenvalue weighted by molar-refractivity contribution is 6.63. The number of nitro benzene ring substituents is 1. The molecule has 0 spiro atoms. The van der Waals surface area contributed by atoms with Gasteiger partial charge in [-0.15, -0.1) is 0 Å². The van der Waals surface area contributed by atoms with Crippen molar-refractivity contribution in [3.8, 4) is 5.75 Å². The fourth-order valence-electron chi connectivity index (χ4n) is 2.09. The topological polar surface area (TPSA) is 70.8 Å². The van der Waals surface area contributed by atoms with Crippen LogP contribution in [-0.4, -0.2) is 29.9 Å². The van der Waals surface area contributed by atoms with E-state index in [4.69, 9.17) is 14.0 Å². The van der Waals surface area contributed by atoms with Crippen LogP contribution in [0.15, 0.2) is 18.2 Å². The van der Waals surface area contributed by atoms with Gasteiger partial charge in [0, 0.05) is 17.6 Å². The monoisotopic (exact) mass is 293 g/mol. The van der Waals surface area contributed by atoms with E-state index in [9.17, 15) is 10.1 Å². The average Bonchev–Trinajstić information content (AvgIpc) is 2.59. The summed E-state index contributed by atoms with van der Waals surface area (Å²) in [7, 11) is -0.684. The van der Waals surface area contributed by atoms with Crippen LogP contribution in [0.25, 0.3) is 0 Å². The van der Waals surface area contributed by atoms with E-state index < -0.39 is 23.2 Å². The largest absolute Gasteiger partial charge is 0.498 e. The van der Waals surface area contributed by atoms with Crippen LogP contribution >= 0.6 is 0 Å². The maximum atomic E-state index is 11.0. The number of hydrogen-bond acceptors (Lipinski definition) is 5. The normalized spacial score (nSPS) is 19.6. The summed E-state index contributed by atoms with van der Waals surface area (Å²) in [5.74, 6) is 0.543. The van der Waals surface area contributed by atoms with Crippen LogP contribution in [-0.2, 0) is 9.31 Å². The van der Waals surface area contributed by atoms with Gasteiger partial charge in [0.2, 0.25) is 0 Å². The predicted octanol–water partition coefficient (Wildman–Crippen LogP) is 2.29. The first kappa shape index (κ1) is 15.8. The summed E-state index contributed by atoms with van der Waals surface area (Å²) in [6.07, 6.45) is 0. The molecule has 2 rings (SSSR count). The molecule has 21 heavy (non-hydrogen) atoms. The summed E-state index contributed by atoms with van der Waals surface area (Å²) >= 11 is 0. The molecule has 1 saturated heterocycles. The number of nitrogens with zero attached hydrogens (tertiary/aromatic N) is 1. The molecule has 0 radical (unpaired) electrons. The molecule has 1 aromatic rings. The van der Waals surface area contributed by atoms with Crippen molar-refractivity contribution in [3.63, 3.8) is 0 Å². The van der Waals surface area contributed by atoms with E-state index in [-0.39, 0.29) is 5.69 Å². The Hall–Kier alpha value is -1.60. The first-order valence-corrected chi connectivity index (χ1v) is 6.95. The van der Waals surface area contributed by atoms with Crippen molar-refractivity contribution < 1.29 is 19.0 Å². The van der Waals surface area contributed by atoms with Crippen LogP contribution in [0.5, 0.6) is 5.75 Å². The third kappa shape index (κ3) is 2.89. The average molecular weight is 293 g/mol.